The topological polar surface area (TPSA) is 54.5 Å². The van der Waals surface area contributed by atoms with Gasteiger partial charge >= 0.3 is 0 Å². The summed E-state index contributed by atoms with van der Waals surface area (Å²) in [7, 11) is 0. The fraction of sp³-hybridized carbons (Fsp3) is 0.190. The van der Waals surface area contributed by atoms with Gasteiger partial charge in [0.1, 0.15) is 17.3 Å². The summed E-state index contributed by atoms with van der Waals surface area (Å²) in [6.07, 6.45) is 9.61. The Kier molecular flexibility index (Phi) is 4.62. The van der Waals surface area contributed by atoms with Gasteiger partial charge in [0.2, 0.25) is 0 Å². The lowest BCUT2D eigenvalue weighted by molar-refractivity contribution is 0.593. The molecule has 0 aromatic carbocycles. The Bertz CT molecular complexity index is 1100. The molecule has 4 rings (SSSR count). The molecule has 0 aliphatic heterocycles. The van der Waals surface area contributed by atoms with E-state index in [0.29, 0.717) is 25.0 Å². The number of aryl methyl sites for hydroxylation is 3. The van der Waals surface area contributed by atoms with Crippen molar-refractivity contribution in [3.05, 3.63) is 88.8 Å². The number of nitrogens with one attached hydrogen (secondary N) is 1. The number of H-pyrrole nitrogens is 1. The maximum absolute atomic E-state index is 14.5. The number of hydrogen-bond acceptors (Lipinski definition) is 3. The van der Waals surface area contributed by atoms with E-state index in [2.05, 4.69) is 26.0 Å². The molecule has 136 valence electrons. The van der Waals surface area contributed by atoms with Crippen LogP contribution in [0.15, 0.2) is 49.2 Å². The number of aromatic amines is 1. The summed E-state index contributed by atoms with van der Waals surface area (Å²) in [4.78, 5) is 15.6. The zero-order valence-corrected chi connectivity index (χ0v) is 14.8. The summed E-state index contributed by atoms with van der Waals surface area (Å²) in [6, 6.07) is 5.00. The summed E-state index contributed by atoms with van der Waals surface area (Å²) >= 11 is 0. The van der Waals surface area contributed by atoms with Gasteiger partial charge in [-0.15, -0.1) is 0 Å². The SMILES string of the molecule is Cc1cnc2[nH]cc(Cc3cnc(CCc4cncc(F)c4)c(F)c3)c2c1. The Morgan fingerprint density at radius 2 is 1.81 bits per heavy atom. The molecule has 0 aliphatic rings. The minimum absolute atomic E-state index is 0.342. The van der Waals surface area contributed by atoms with Crippen LogP contribution in [0.4, 0.5) is 8.78 Å². The van der Waals surface area contributed by atoms with E-state index in [1.807, 2.05) is 19.3 Å². The molecule has 27 heavy (non-hydrogen) atoms. The van der Waals surface area contributed by atoms with Crippen LogP contribution in [0.2, 0.25) is 0 Å². The van der Waals surface area contributed by atoms with Gasteiger partial charge in [-0.2, -0.15) is 0 Å². The van der Waals surface area contributed by atoms with E-state index in [1.165, 1.54) is 12.1 Å². The molecule has 0 saturated heterocycles. The van der Waals surface area contributed by atoms with Crippen molar-refractivity contribution >= 4 is 11.0 Å². The molecule has 0 atom stereocenters. The number of nitrogens with zero attached hydrogens (tertiary/aromatic N) is 3. The van der Waals surface area contributed by atoms with E-state index in [9.17, 15) is 8.78 Å². The first-order chi connectivity index (χ1) is 13.1. The molecule has 4 aromatic rings. The molecule has 4 heterocycles. The molecule has 0 spiro atoms. The van der Waals surface area contributed by atoms with Gasteiger partial charge in [0.15, 0.2) is 0 Å². The van der Waals surface area contributed by atoms with Crippen LogP contribution in [0.1, 0.15) is 27.9 Å². The van der Waals surface area contributed by atoms with Crippen molar-refractivity contribution in [2.45, 2.75) is 26.2 Å². The summed E-state index contributed by atoms with van der Waals surface area (Å²) in [5.41, 5.74) is 4.85. The molecule has 0 unspecified atom stereocenters. The molecular weight excluding hydrogens is 346 g/mol. The van der Waals surface area contributed by atoms with E-state index in [4.69, 9.17) is 0 Å². The molecule has 0 amide bonds. The molecule has 4 aromatic heterocycles. The summed E-state index contributed by atoms with van der Waals surface area (Å²) in [5, 5.41) is 1.04. The fourth-order valence-electron chi connectivity index (χ4n) is 3.17. The minimum atomic E-state index is -0.389. The highest BCUT2D eigenvalue weighted by atomic mass is 19.1. The van der Waals surface area contributed by atoms with Crippen molar-refractivity contribution in [1.29, 1.82) is 0 Å². The monoisotopic (exact) mass is 364 g/mol. The lowest BCUT2D eigenvalue weighted by atomic mass is 10.0. The van der Waals surface area contributed by atoms with E-state index >= 15 is 0 Å². The number of halogens is 2. The third kappa shape index (κ3) is 3.84. The van der Waals surface area contributed by atoms with Crippen LogP contribution >= 0.6 is 0 Å². The zero-order chi connectivity index (χ0) is 18.8. The van der Waals surface area contributed by atoms with Crippen molar-refractivity contribution in [3.63, 3.8) is 0 Å². The highest BCUT2D eigenvalue weighted by Gasteiger charge is 2.10. The summed E-state index contributed by atoms with van der Waals surface area (Å²) < 4.78 is 27.6. The Morgan fingerprint density at radius 1 is 0.926 bits per heavy atom. The molecular formula is C21H18F2N4. The Hall–Kier alpha value is -3.15. The molecule has 6 heteroatoms. The van der Waals surface area contributed by atoms with Crippen LogP contribution in [-0.4, -0.2) is 19.9 Å². The second kappa shape index (κ2) is 7.23. The Balaban J connectivity index is 1.50. The van der Waals surface area contributed by atoms with Crippen LogP contribution < -0.4 is 0 Å². The third-order valence-electron chi connectivity index (χ3n) is 4.53. The number of fused-ring (bicyclic) bond motifs is 1. The lowest BCUT2D eigenvalue weighted by Gasteiger charge is -2.06. The first-order valence-electron chi connectivity index (χ1n) is 8.74. The number of aromatic nitrogens is 4. The Morgan fingerprint density at radius 3 is 2.63 bits per heavy atom. The van der Waals surface area contributed by atoms with Gasteiger partial charge in [0.05, 0.1) is 11.9 Å². The molecule has 1 N–H and O–H groups in total. The Labute approximate surface area is 155 Å². The normalized spacial score (nSPS) is 11.2. The van der Waals surface area contributed by atoms with E-state index < -0.39 is 0 Å². The molecule has 0 aliphatic carbocycles. The number of hydrogen-bond donors (Lipinski definition) is 1. The number of pyridine rings is 3. The van der Waals surface area contributed by atoms with E-state index in [1.54, 1.807) is 12.4 Å². The van der Waals surface area contributed by atoms with Crippen LogP contribution in [0.3, 0.4) is 0 Å². The largest absolute Gasteiger partial charge is 0.346 e. The molecule has 4 nitrogen and oxygen atoms in total. The van der Waals surface area contributed by atoms with Crippen LogP contribution in [0.25, 0.3) is 11.0 Å². The van der Waals surface area contributed by atoms with Crippen LogP contribution in [0.5, 0.6) is 0 Å². The second-order valence-electron chi connectivity index (χ2n) is 6.68. The molecule has 0 bridgehead atoms. The lowest BCUT2D eigenvalue weighted by Crippen LogP contribution is -2.01. The molecule has 0 saturated carbocycles. The van der Waals surface area contributed by atoms with Gasteiger partial charge in [-0.25, -0.2) is 13.8 Å². The number of rotatable bonds is 5. The van der Waals surface area contributed by atoms with Gasteiger partial charge < -0.3 is 4.98 Å². The van der Waals surface area contributed by atoms with Gasteiger partial charge in [0.25, 0.3) is 0 Å². The second-order valence-corrected chi connectivity index (χ2v) is 6.68. The average Bonchev–Trinajstić information content (AvgIpc) is 3.03. The quantitative estimate of drug-likeness (QED) is 0.574. The average molecular weight is 364 g/mol. The molecule has 0 fully saturated rings. The van der Waals surface area contributed by atoms with Gasteiger partial charge in [-0.05, 0) is 60.2 Å². The third-order valence-corrected chi connectivity index (χ3v) is 4.53. The summed E-state index contributed by atoms with van der Waals surface area (Å²) in [5.74, 6) is -0.731. The fourth-order valence-corrected chi connectivity index (χ4v) is 3.17. The van der Waals surface area contributed by atoms with Crippen molar-refractivity contribution in [2.75, 3.05) is 0 Å². The van der Waals surface area contributed by atoms with Crippen LogP contribution in [-0.2, 0) is 19.3 Å². The van der Waals surface area contributed by atoms with Gasteiger partial charge in [0, 0.05) is 36.6 Å². The first kappa shape index (κ1) is 17.3. The summed E-state index contributed by atoms with van der Waals surface area (Å²) in [6.45, 7) is 1.99. The maximum Gasteiger partial charge on any atom is 0.144 e. The van der Waals surface area contributed by atoms with Crippen molar-refractivity contribution < 1.29 is 8.78 Å². The maximum atomic E-state index is 14.5. The van der Waals surface area contributed by atoms with Crippen molar-refractivity contribution in [3.8, 4) is 0 Å². The van der Waals surface area contributed by atoms with Gasteiger partial charge in [-0.1, -0.05) is 0 Å². The highest BCUT2D eigenvalue weighted by Crippen LogP contribution is 2.21. The van der Waals surface area contributed by atoms with E-state index in [-0.39, 0.29) is 11.6 Å². The van der Waals surface area contributed by atoms with Crippen molar-refractivity contribution in [1.82, 2.24) is 19.9 Å². The standard InChI is InChI=1S/C21H18F2N4/c1-13-4-18-16(11-27-21(18)26-8-13)5-15-7-19(23)20(25-10-15)3-2-14-6-17(22)12-24-9-14/h4,6-12H,2-3,5H2,1H3,(H,26,27). The van der Waals surface area contributed by atoms with Gasteiger partial charge in [-0.3, -0.25) is 9.97 Å². The zero-order valence-electron chi connectivity index (χ0n) is 14.8. The van der Waals surface area contributed by atoms with Crippen molar-refractivity contribution in [2.24, 2.45) is 0 Å². The highest BCUT2D eigenvalue weighted by molar-refractivity contribution is 5.80. The molecule has 0 radical (unpaired) electrons. The van der Waals surface area contributed by atoms with Crippen LogP contribution in [0, 0.1) is 18.6 Å². The first-order valence-corrected chi connectivity index (χ1v) is 8.74. The predicted molar refractivity (Wildman–Crippen MR) is 99.4 cm³/mol. The smallest absolute Gasteiger partial charge is 0.144 e. The van der Waals surface area contributed by atoms with E-state index in [0.717, 1.165) is 39.5 Å². The minimum Gasteiger partial charge on any atom is -0.346 e. The predicted octanol–water partition coefficient (Wildman–Crippen LogP) is 4.32.